The van der Waals surface area contributed by atoms with Crippen LogP contribution in [0.4, 0.5) is 0 Å². The molecule has 0 radical (unpaired) electrons. The average molecular weight is 272 g/mol. The van der Waals surface area contributed by atoms with Gasteiger partial charge in [-0.3, -0.25) is 0 Å². The second-order valence-electron chi connectivity index (χ2n) is 5.03. The van der Waals surface area contributed by atoms with Crippen molar-refractivity contribution in [2.75, 3.05) is 7.11 Å². The van der Waals surface area contributed by atoms with Crippen LogP contribution in [-0.4, -0.2) is 28.2 Å². The molecule has 1 heterocycles. The van der Waals surface area contributed by atoms with Crippen LogP contribution in [0, 0.1) is 11.8 Å². The van der Waals surface area contributed by atoms with E-state index in [9.17, 15) is 0 Å². The first-order valence-corrected chi connectivity index (χ1v) is 6.56. The number of aromatic nitrogens is 3. The Bertz CT molecular complexity index is 406. The lowest BCUT2D eigenvalue weighted by Crippen LogP contribution is -2.29. The molecule has 0 saturated heterocycles. The van der Waals surface area contributed by atoms with E-state index in [1.54, 1.807) is 0 Å². The van der Waals surface area contributed by atoms with Crippen molar-refractivity contribution in [3.63, 3.8) is 0 Å². The maximum atomic E-state index is 5.79. The maximum Gasteiger partial charge on any atom is 0.324 e. The monoisotopic (exact) mass is 271 g/mol. The Morgan fingerprint density at radius 3 is 2.22 bits per heavy atom. The van der Waals surface area contributed by atoms with Crippen LogP contribution in [0.3, 0.4) is 0 Å². The van der Waals surface area contributed by atoms with Gasteiger partial charge < -0.3 is 9.47 Å². The third-order valence-electron chi connectivity index (χ3n) is 3.16. The van der Waals surface area contributed by atoms with E-state index in [0.717, 1.165) is 12.8 Å². The molecule has 18 heavy (non-hydrogen) atoms. The molecule has 0 N–H and O–H groups in total. The molecule has 2 atom stereocenters. The summed E-state index contributed by atoms with van der Waals surface area (Å²) in [6.07, 6.45) is 3.44. The smallest absolute Gasteiger partial charge is 0.324 e. The van der Waals surface area contributed by atoms with Gasteiger partial charge in [-0.1, -0.05) is 13.8 Å². The van der Waals surface area contributed by atoms with Gasteiger partial charge in [0.1, 0.15) is 6.10 Å². The number of methoxy groups -OCH3 is 1. The number of rotatable bonds is 3. The highest BCUT2D eigenvalue weighted by Crippen LogP contribution is 2.30. The van der Waals surface area contributed by atoms with Gasteiger partial charge in [0.2, 0.25) is 5.28 Å². The Balaban J connectivity index is 2.06. The number of hydrogen-bond donors (Lipinski definition) is 0. The molecule has 0 bridgehead atoms. The largest absolute Gasteiger partial charge is 0.467 e. The molecule has 1 aromatic heterocycles. The van der Waals surface area contributed by atoms with E-state index in [4.69, 9.17) is 21.1 Å². The lowest BCUT2D eigenvalue weighted by molar-refractivity contribution is 0.0908. The van der Waals surface area contributed by atoms with Crippen molar-refractivity contribution < 1.29 is 9.47 Å². The minimum Gasteiger partial charge on any atom is -0.467 e. The minimum atomic E-state index is 0.0914. The Morgan fingerprint density at radius 1 is 1.00 bits per heavy atom. The molecule has 2 rings (SSSR count). The van der Waals surface area contributed by atoms with E-state index in [1.807, 2.05) is 0 Å². The zero-order valence-electron chi connectivity index (χ0n) is 10.9. The summed E-state index contributed by atoms with van der Waals surface area (Å²) in [7, 11) is 1.49. The second kappa shape index (κ2) is 5.69. The number of nitrogens with zero attached hydrogens (tertiary/aromatic N) is 3. The Kier molecular flexibility index (Phi) is 4.22. The number of ether oxygens (including phenoxy) is 2. The van der Waals surface area contributed by atoms with Crippen molar-refractivity contribution in [2.24, 2.45) is 11.8 Å². The average Bonchev–Trinajstić information content (AvgIpc) is 2.26. The predicted octanol–water partition coefficient (Wildman–Crippen LogP) is 2.74. The Morgan fingerprint density at radius 2 is 1.61 bits per heavy atom. The van der Waals surface area contributed by atoms with E-state index in [-0.39, 0.29) is 23.4 Å². The van der Waals surface area contributed by atoms with Crippen LogP contribution in [0.15, 0.2) is 0 Å². The number of hydrogen-bond acceptors (Lipinski definition) is 5. The van der Waals surface area contributed by atoms with Gasteiger partial charge in [-0.25, -0.2) is 0 Å². The van der Waals surface area contributed by atoms with Crippen LogP contribution in [0.5, 0.6) is 12.0 Å². The summed E-state index contributed by atoms with van der Waals surface area (Å²) >= 11 is 5.78. The SMILES string of the molecule is COc1nc(Cl)nc(OC2CC(C)CC(C)C2)n1. The van der Waals surface area contributed by atoms with Crippen molar-refractivity contribution in [3.8, 4) is 12.0 Å². The molecule has 2 unspecified atom stereocenters. The summed E-state index contributed by atoms with van der Waals surface area (Å²) in [4.78, 5) is 11.8. The summed E-state index contributed by atoms with van der Waals surface area (Å²) in [6.45, 7) is 4.49. The van der Waals surface area contributed by atoms with Crippen LogP contribution in [-0.2, 0) is 0 Å². The third kappa shape index (κ3) is 3.45. The number of halogens is 1. The van der Waals surface area contributed by atoms with Gasteiger partial charge in [0.25, 0.3) is 0 Å². The fourth-order valence-corrected chi connectivity index (χ4v) is 2.72. The predicted molar refractivity (Wildman–Crippen MR) is 68.0 cm³/mol. The fraction of sp³-hybridized carbons (Fsp3) is 0.750. The maximum absolute atomic E-state index is 5.79. The minimum absolute atomic E-state index is 0.0914. The van der Waals surface area contributed by atoms with E-state index in [0.29, 0.717) is 11.8 Å². The first kappa shape index (κ1) is 13.3. The van der Waals surface area contributed by atoms with Gasteiger partial charge in [0.15, 0.2) is 0 Å². The zero-order chi connectivity index (χ0) is 13.1. The Labute approximate surface area is 112 Å². The summed E-state index contributed by atoms with van der Waals surface area (Å²) in [5, 5.41) is 0.0914. The highest BCUT2D eigenvalue weighted by atomic mass is 35.5. The van der Waals surface area contributed by atoms with Crippen LogP contribution in [0.1, 0.15) is 33.1 Å². The molecule has 1 aliphatic rings. The topological polar surface area (TPSA) is 57.1 Å². The van der Waals surface area contributed by atoms with Crippen LogP contribution in [0.2, 0.25) is 5.28 Å². The molecule has 1 saturated carbocycles. The second-order valence-corrected chi connectivity index (χ2v) is 5.37. The fourth-order valence-electron chi connectivity index (χ4n) is 2.58. The van der Waals surface area contributed by atoms with Gasteiger partial charge in [-0.05, 0) is 42.7 Å². The molecule has 5 nitrogen and oxygen atoms in total. The van der Waals surface area contributed by atoms with E-state index >= 15 is 0 Å². The first-order chi connectivity index (χ1) is 8.56. The van der Waals surface area contributed by atoms with Gasteiger partial charge >= 0.3 is 12.0 Å². The molecule has 0 aliphatic heterocycles. The van der Waals surface area contributed by atoms with E-state index in [2.05, 4.69) is 28.8 Å². The van der Waals surface area contributed by atoms with Gasteiger partial charge in [0, 0.05) is 0 Å². The lowest BCUT2D eigenvalue weighted by atomic mass is 9.82. The van der Waals surface area contributed by atoms with Gasteiger partial charge in [-0.15, -0.1) is 4.98 Å². The van der Waals surface area contributed by atoms with Crippen molar-refractivity contribution in [1.29, 1.82) is 0 Å². The van der Waals surface area contributed by atoms with Gasteiger partial charge in [-0.2, -0.15) is 9.97 Å². The van der Waals surface area contributed by atoms with Crippen molar-refractivity contribution in [1.82, 2.24) is 15.0 Å². The lowest BCUT2D eigenvalue weighted by Gasteiger charge is -2.30. The van der Waals surface area contributed by atoms with E-state index in [1.165, 1.54) is 13.5 Å². The molecule has 100 valence electrons. The first-order valence-electron chi connectivity index (χ1n) is 6.19. The zero-order valence-corrected chi connectivity index (χ0v) is 11.6. The molecule has 0 spiro atoms. The van der Waals surface area contributed by atoms with Crippen LogP contribution >= 0.6 is 11.6 Å². The van der Waals surface area contributed by atoms with Crippen LogP contribution in [0.25, 0.3) is 0 Å². The quantitative estimate of drug-likeness (QED) is 0.846. The molecule has 1 aromatic rings. The summed E-state index contributed by atoms with van der Waals surface area (Å²) < 4.78 is 10.7. The third-order valence-corrected chi connectivity index (χ3v) is 3.33. The summed E-state index contributed by atoms with van der Waals surface area (Å²) in [5.74, 6) is 1.33. The van der Waals surface area contributed by atoms with Gasteiger partial charge in [0.05, 0.1) is 7.11 Å². The highest BCUT2D eigenvalue weighted by Gasteiger charge is 2.26. The molecule has 0 aromatic carbocycles. The highest BCUT2D eigenvalue weighted by molar-refractivity contribution is 6.28. The van der Waals surface area contributed by atoms with Crippen molar-refractivity contribution in [2.45, 2.75) is 39.2 Å². The summed E-state index contributed by atoms with van der Waals surface area (Å²) in [6, 6.07) is 0.431. The molecule has 6 heteroatoms. The molecular weight excluding hydrogens is 254 g/mol. The molecule has 1 fully saturated rings. The van der Waals surface area contributed by atoms with Crippen molar-refractivity contribution in [3.05, 3.63) is 5.28 Å². The normalized spacial score (nSPS) is 27.9. The standard InChI is InChI=1S/C12H18ClN3O2/c1-7-4-8(2)6-9(5-7)18-12-15-10(13)14-11(16-12)17-3/h7-9H,4-6H2,1-3H3. The van der Waals surface area contributed by atoms with E-state index < -0.39 is 0 Å². The Hall–Kier alpha value is -1.10. The van der Waals surface area contributed by atoms with Crippen LogP contribution < -0.4 is 9.47 Å². The molecular formula is C12H18ClN3O2. The molecule has 0 amide bonds. The molecule has 1 aliphatic carbocycles. The van der Waals surface area contributed by atoms with Crippen molar-refractivity contribution >= 4 is 11.6 Å². The summed E-state index contributed by atoms with van der Waals surface area (Å²) in [5.41, 5.74) is 0.